The van der Waals surface area contributed by atoms with Crippen LogP contribution in [0.2, 0.25) is 10.0 Å². The third-order valence-corrected chi connectivity index (χ3v) is 3.60. The van der Waals surface area contributed by atoms with Gasteiger partial charge in [0.05, 0.1) is 22.7 Å². The molecule has 0 unspecified atom stereocenters. The fraction of sp³-hybridized carbons (Fsp3) is 0.143. The second-order valence-electron chi connectivity index (χ2n) is 4.22. The van der Waals surface area contributed by atoms with E-state index < -0.39 is 0 Å². The van der Waals surface area contributed by atoms with Gasteiger partial charge >= 0.3 is 0 Å². The van der Waals surface area contributed by atoms with Gasteiger partial charge in [0.1, 0.15) is 0 Å². The summed E-state index contributed by atoms with van der Waals surface area (Å²) in [6.45, 7) is 0. The zero-order chi connectivity index (χ0) is 14.5. The first kappa shape index (κ1) is 14.6. The number of hydrazone groups is 1. The predicted octanol–water partition coefficient (Wildman–Crippen LogP) is 3.02. The summed E-state index contributed by atoms with van der Waals surface area (Å²) in [5, 5.41) is 4.74. The summed E-state index contributed by atoms with van der Waals surface area (Å²) in [4.78, 5) is 11.7. The van der Waals surface area contributed by atoms with Gasteiger partial charge in [-0.15, -0.1) is 0 Å². The number of amides is 1. The number of carbonyl (C=O) groups excluding carboxylic acids is 1. The van der Waals surface area contributed by atoms with Crippen molar-refractivity contribution >= 4 is 35.3 Å². The summed E-state index contributed by atoms with van der Waals surface area (Å²) in [6.07, 6.45) is 3.62. The quantitative estimate of drug-likeness (QED) is 0.685. The van der Waals surface area contributed by atoms with Crippen LogP contribution < -0.4 is 5.43 Å². The molecule has 0 aliphatic rings. The first-order valence-corrected chi connectivity index (χ1v) is 6.69. The molecule has 4 nitrogen and oxygen atoms in total. The Labute approximate surface area is 127 Å². The number of halogens is 2. The van der Waals surface area contributed by atoms with Gasteiger partial charge in [0, 0.05) is 24.5 Å². The molecular formula is C14H13Cl2N3O. The van der Waals surface area contributed by atoms with E-state index in [0.29, 0.717) is 15.6 Å². The van der Waals surface area contributed by atoms with Crippen LogP contribution in [-0.2, 0) is 18.3 Å². The van der Waals surface area contributed by atoms with Crippen LogP contribution in [0.5, 0.6) is 0 Å². The van der Waals surface area contributed by atoms with E-state index in [1.54, 1.807) is 18.2 Å². The molecule has 0 aliphatic carbocycles. The second-order valence-corrected chi connectivity index (χ2v) is 5.01. The topological polar surface area (TPSA) is 46.4 Å². The van der Waals surface area contributed by atoms with Gasteiger partial charge in [-0.3, -0.25) is 4.79 Å². The molecule has 104 valence electrons. The molecule has 1 aromatic carbocycles. The Morgan fingerprint density at radius 2 is 2.15 bits per heavy atom. The number of carbonyl (C=O) groups is 1. The molecule has 0 saturated heterocycles. The van der Waals surface area contributed by atoms with Crippen molar-refractivity contribution in [2.45, 2.75) is 6.42 Å². The summed E-state index contributed by atoms with van der Waals surface area (Å²) in [6, 6.07) is 8.99. The number of hydrogen-bond acceptors (Lipinski definition) is 2. The number of benzene rings is 1. The van der Waals surface area contributed by atoms with Crippen LogP contribution in [0.4, 0.5) is 0 Å². The maximum Gasteiger partial charge on any atom is 0.245 e. The maximum absolute atomic E-state index is 11.7. The average molecular weight is 310 g/mol. The highest BCUT2D eigenvalue weighted by molar-refractivity contribution is 6.43. The van der Waals surface area contributed by atoms with E-state index in [-0.39, 0.29) is 12.3 Å². The predicted molar refractivity (Wildman–Crippen MR) is 81.3 cm³/mol. The van der Waals surface area contributed by atoms with Crippen molar-refractivity contribution < 1.29 is 4.79 Å². The Kier molecular flexibility index (Phi) is 4.82. The molecule has 0 spiro atoms. The Hall–Kier alpha value is -1.78. The molecule has 20 heavy (non-hydrogen) atoms. The Morgan fingerprint density at radius 1 is 1.35 bits per heavy atom. The number of hydrogen-bond donors (Lipinski definition) is 1. The fourth-order valence-electron chi connectivity index (χ4n) is 1.68. The first-order chi connectivity index (χ1) is 9.58. The number of aromatic nitrogens is 1. The Balaban J connectivity index is 1.95. The fourth-order valence-corrected chi connectivity index (χ4v) is 2.03. The average Bonchev–Trinajstić information content (AvgIpc) is 2.80. The molecule has 2 rings (SSSR count). The molecule has 0 aliphatic heterocycles. The lowest BCUT2D eigenvalue weighted by atomic mass is 10.2. The van der Waals surface area contributed by atoms with Crippen molar-refractivity contribution in [3.63, 3.8) is 0 Å². The lowest BCUT2D eigenvalue weighted by Crippen LogP contribution is -2.20. The van der Waals surface area contributed by atoms with Crippen LogP contribution in [0.3, 0.4) is 0 Å². The van der Waals surface area contributed by atoms with Crippen LogP contribution in [-0.4, -0.2) is 16.7 Å². The van der Waals surface area contributed by atoms with E-state index in [0.717, 1.165) is 5.69 Å². The van der Waals surface area contributed by atoms with E-state index >= 15 is 0 Å². The third kappa shape index (κ3) is 3.62. The van der Waals surface area contributed by atoms with Crippen molar-refractivity contribution in [1.29, 1.82) is 0 Å². The monoisotopic (exact) mass is 309 g/mol. The SMILES string of the molecule is Cn1cccc1CC(=O)N/N=C/c1cccc(Cl)c1Cl. The molecule has 0 radical (unpaired) electrons. The highest BCUT2D eigenvalue weighted by Gasteiger charge is 2.05. The van der Waals surface area contributed by atoms with Gasteiger partial charge in [-0.2, -0.15) is 5.10 Å². The molecule has 2 aromatic rings. The summed E-state index contributed by atoms with van der Waals surface area (Å²) in [5.74, 6) is -0.193. The van der Waals surface area contributed by atoms with E-state index in [4.69, 9.17) is 23.2 Å². The Morgan fingerprint density at radius 3 is 2.85 bits per heavy atom. The summed E-state index contributed by atoms with van der Waals surface area (Å²) in [5.41, 5.74) is 4.03. The Bertz CT molecular complexity index is 650. The number of aryl methyl sites for hydroxylation is 1. The molecule has 0 saturated carbocycles. The molecular weight excluding hydrogens is 297 g/mol. The minimum absolute atomic E-state index is 0.193. The van der Waals surface area contributed by atoms with Gasteiger partial charge in [-0.05, 0) is 18.2 Å². The third-order valence-electron chi connectivity index (χ3n) is 2.77. The molecule has 0 fully saturated rings. The minimum atomic E-state index is -0.193. The zero-order valence-corrected chi connectivity index (χ0v) is 12.3. The molecule has 1 N–H and O–H groups in total. The smallest absolute Gasteiger partial charge is 0.245 e. The van der Waals surface area contributed by atoms with Gasteiger partial charge < -0.3 is 4.57 Å². The summed E-state index contributed by atoms with van der Waals surface area (Å²) >= 11 is 11.9. The molecule has 0 atom stereocenters. The van der Waals surface area contributed by atoms with Gasteiger partial charge in [-0.25, -0.2) is 5.43 Å². The maximum atomic E-state index is 11.7. The van der Waals surface area contributed by atoms with Crippen molar-refractivity contribution in [3.8, 4) is 0 Å². The van der Waals surface area contributed by atoms with Gasteiger partial charge in [0.25, 0.3) is 0 Å². The molecule has 1 amide bonds. The van der Waals surface area contributed by atoms with Crippen LogP contribution >= 0.6 is 23.2 Å². The van der Waals surface area contributed by atoms with E-state index in [9.17, 15) is 4.79 Å². The van der Waals surface area contributed by atoms with Crippen molar-refractivity contribution in [1.82, 2.24) is 9.99 Å². The molecule has 1 heterocycles. The van der Waals surface area contributed by atoms with E-state index in [1.807, 2.05) is 29.9 Å². The lowest BCUT2D eigenvalue weighted by Gasteiger charge is -2.02. The molecule has 6 heteroatoms. The van der Waals surface area contributed by atoms with Crippen LogP contribution in [0.1, 0.15) is 11.3 Å². The lowest BCUT2D eigenvalue weighted by molar-refractivity contribution is -0.120. The van der Waals surface area contributed by atoms with Crippen molar-refractivity contribution in [3.05, 3.63) is 57.8 Å². The van der Waals surface area contributed by atoms with E-state index in [2.05, 4.69) is 10.5 Å². The highest BCUT2D eigenvalue weighted by Crippen LogP contribution is 2.23. The second kappa shape index (κ2) is 6.59. The molecule has 0 bridgehead atoms. The number of rotatable bonds is 4. The van der Waals surface area contributed by atoms with E-state index in [1.165, 1.54) is 6.21 Å². The van der Waals surface area contributed by atoms with Crippen LogP contribution in [0, 0.1) is 0 Å². The van der Waals surface area contributed by atoms with Crippen LogP contribution in [0.25, 0.3) is 0 Å². The van der Waals surface area contributed by atoms with Crippen molar-refractivity contribution in [2.24, 2.45) is 12.1 Å². The first-order valence-electron chi connectivity index (χ1n) is 5.94. The normalized spacial score (nSPS) is 10.9. The minimum Gasteiger partial charge on any atom is -0.354 e. The number of nitrogens with zero attached hydrogens (tertiary/aromatic N) is 2. The van der Waals surface area contributed by atoms with Gasteiger partial charge in [0.15, 0.2) is 0 Å². The summed E-state index contributed by atoms with van der Waals surface area (Å²) < 4.78 is 1.89. The highest BCUT2D eigenvalue weighted by atomic mass is 35.5. The van der Waals surface area contributed by atoms with Crippen LogP contribution in [0.15, 0.2) is 41.6 Å². The van der Waals surface area contributed by atoms with Gasteiger partial charge in [0.2, 0.25) is 5.91 Å². The van der Waals surface area contributed by atoms with Gasteiger partial charge in [-0.1, -0.05) is 35.3 Å². The number of nitrogens with one attached hydrogen (secondary N) is 1. The zero-order valence-electron chi connectivity index (χ0n) is 10.8. The standard InChI is InChI=1S/C14H13Cl2N3O/c1-19-7-3-5-11(19)8-13(20)18-17-9-10-4-2-6-12(15)14(10)16/h2-7,9H,8H2,1H3,(H,18,20)/b17-9+. The molecule has 1 aromatic heterocycles. The van der Waals surface area contributed by atoms with Crippen molar-refractivity contribution in [2.75, 3.05) is 0 Å². The largest absolute Gasteiger partial charge is 0.354 e. The summed E-state index contributed by atoms with van der Waals surface area (Å²) in [7, 11) is 1.89.